The van der Waals surface area contributed by atoms with Crippen LogP contribution in [0.25, 0.3) is 11.1 Å². The Labute approximate surface area is 116 Å². The van der Waals surface area contributed by atoms with Crippen molar-refractivity contribution in [3.05, 3.63) is 59.4 Å². The summed E-state index contributed by atoms with van der Waals surface area (Å²) in [6.07, 6.45) is 0. The van der Waals surface area contributed by atoms with E-state index in [2.05, 4.69) is 0 Å². The monoisotopic (exact) mass is 274 g/mol. The van der Waals surface area contributed by atoms with Gasteiger partial charge < -0.3 is 9.84 Å². The first kappa shape index (κ1) is 14.2. The van der Waals surface area contributed by atoms with Crippen LogP contribution < -0.4 is 0 Å². The Balaban J connectivity index is 2.55. The van der Waals surface area contributed by atoms with E-state index >= 15 is 0 Å². The lowest BCUT2D eigenvalue weighted by molar-refractivity contribution is 0.0689. The molecule has 0 radical (unpaired) electrons. The van der Waals surface area contributed by atoms with Crippen molar-refractivity contribution in [2.75, 3.05) is 6.61 Å². The highest BCUT2D eigenvalue weighted by molar-refractivity contribution is 5.97. The molecule has 4 heteroatoms. The van der Waals surface area contributed by atoms with Crippen LogP contribution in [0.3, 0.4) is 0 Å². The van der Waals surface area contributed by atoms with Crippen LogP contribution in [0.2, 0.25) is 0 Å². The van der Waals surface area contributed by atoms with Gasteiger partial charge in [0, 0.05) is 6.61 Å². The van der Waals surface area contributed by atoms with E-state index in [1.165, 1.54) is 12.1 Å². The van der Waals surface area contributed by atoms with E-state index in [9.17, 15) is 14.3 Å². The zero-order chi connectivity index (χ0) is 14.5. The number of halogens is 1. The van der Waals surface area contributed by atoms with E-state index in [1.807, 2.05) is 6.92 Å². The van der Waals surface area contributed by atoms with Gasteiger partial charge in [-0.3, -0.25) is 0 Å². The Morgan fingerprint density at radius 3 is 2.65 bits per heavy atom. The minimum Gasteiger partial charge on any atom is -0.478 e. The molecule has 0 saturated carbocycles. The van der Waals surface area contributed by atoms with E-state index < -0.39 is 11.8 Å². The maximum atomic E-state index is 13.3. The van der Waals surface area contributed by atoms with Crippen LogP contribution in [-0.2, 0) is 11.3 Å². The summed E-state index contributed by atoms with van der Waals surface area (Å²) < 4.78 is 18.6. The van der Waals surface area contributed by atoms with Gasteiger partial charge in [0.2, 0.25) is 0 Å². The van der Waals surface area contributed by atoms with Crippen molar-refractivity contribution in [2.24, 2.45) is 0 Å². The Kier molecular flexibility index (Phi) is 4.48. The maximum absolute atomic E-state index is 13.3. The van der Waals surface area contributed by atoms with Crippen LogP contribution >= 0.6 is 0 Å². The van der Waals surface area contributed by atoms with Crippen molar-refractivity contribution in [1.29, 1.82) is 0 Å². The molecule has 0 aliphatic carbocycles. The topological polar surface area (TPSA) is 46.5 Å². The summed E-state index contributed by atoms with van der Waals surface area (Å²) >= 11 is 0. The van der Waals surface area contributed by atoms with E-state index in [-0.39, 0.29) is 12.2 Å². The minimum absolute atomic E-state index is 0.159. The van der Waals surface area contributed by atoms with Gasteiger partial charge in [0.05, 0.1) is 12.2 Å². The van der Waals surface area contributed by atoms with Crippen LogP contribution in [0.15, 0.2) is 42.5 Å². The number of hydrogen-bond acceptors (Lipinski definition) is 2. The molecule has 0 amide bonds. The van der Waals surface area contributed by atoms with Crippen molar-refractivity contribution in [3.63, 3.8) is 0 Å². The number of carboxylic acid groups (broad SMARTS) is 1. The van der Waals surface area contributed by atoms with Gasteiger partial charge in [-0.15, -0.1) is 0 Å². The second-order valence-electron chi connectivity index (χ2n) is 4.29. The van der Waals surface area contributed by atoms with Crippen molar-refractivity contribution in [1.82, 2.24) is 0 Å². The Bertz CT molecular complexity index is 623. The minimum atomic E-state index is -1.04. The average molecular weight is 274 g/mol. The fourth-order valence-corrected chi connectivity index (χ4v) is 2.08. The molecule has 0 heterocycles. The van der Waals surface area contributed by atoms with Crippen LogP contribution in [0.4, 0.5) is 4.39 Å². The molecule has 1 N–H and O–H groups in total. The highest BCUT2D eigenvalue weighted by Gasteiger charge is 2.16. The Morgan fingerprint density at radius 1 is 1.25 bits per heavy atom. The fourth-order valence-electron chi connectivity index (χ4n) is 2.08. The second kappa shape index (κ2) is 6.30. The summed E-state index contributed by atoms with van der Waals surface area (Å²) in [5.41, 5.74) is 1.78. The van der Waals surface area contributed by atoms with Gasteiger partial charge in [0.15, 0.2) is 0 Å². The van der Waals surface area contributed by atoms with E-state index in [4.69, 9.17) is 4.74 Å². The van der Waals surface area contributed by atoms with Gasteiger partial charge in [0.1, 0.15) is 5.82 Å². The molecule has 2 rings (SSSR count). The van der Waals surface area contributed by atoms with Crippen LogP contribution in [0, 0.1) is 5.82 Å². The molecule has 0 unspecified atom stereocenters. The van der Waals surface area contributed by atoms with E-state index in [1.54, 1.807) is 30.3 Å². The lowest BCUT2D eigenvalue weighted by Crippen LogP contribution is -2.06. The highest BCUT2D eigenvalue weighted by Crippen LogP contribution is 2.27. The van der Waals surface area contributed by atoms with Crippen molar-refractivity contribution < 1.29 is 19.0 Å². The SMILES string of the molecule is CCOCc1cccc(-c2cccc(F)c2)c1C(=O)O. The Morgan fingerprint density at radius 2 is 2.00 bits per heavy atom. The van der Waals surface area contributed by atoms with Gasteiger partial charge in [-0.2, -0.15) is 0 Å². The molecule has 0 spiro atoms. The summed E-state index contributed by atoms with van der Waals surface area (Å²) in [6.45, 7) is 2.57. The summed E-state index contributed by atoms with van der Waals surface area (Å²) in [6, 6.07) is 11.0. The van der Waals surface area contributed by atoms with Crippen LogP contribution in [0.5, 0.6) is 0 Å². The first-order valence-corrected chi connectivity index (χ1v) is 6.32. The molecule has 0 atom stereocenters. The lowest BCUT2D eigenvalue weighted by atomic mass is 9.95. The van der Waals surface area contributed by atoms with Crippen molar-refractivity contribution >= 4 is 5.97 Å². The predicted molar refractivity (Wildman–Crippen MR) is 74.1 cm³/mol. The molecular weight excluding hydrogens is 259 g/mol. The molecule has 0 saturated heterocycles. The molecule has 104 valence electrons. The molecule has 3 nitrogen and oxygen atoms in total. The lowest BCUT2D eigenvalue weighted by Gasteiger charge is -2.12. The van der Waals surface area contributed by atoms with E-state index in [0.717, 1.165) is 0 Å². The van der Waals surface area contributed by atoms with Crippen molar-refractivity contribution in [2.45, 2.75) is 13.5 Å². The predicted octanol–water partition coefficient (Wildman–Crippen LogP) is 3.73. The normalized spacial score (nSPS) is 10.5. The molecule has 0 aromatic heterocycles. The highest BCUT2D eigenvalue weighted by atomic mass is 19.1. The number of carboxylic acids is 1. The largest absolute Gasteiger partial charge is 0.478 e. The third kappa shape index (κ3) is 3.03. The molecule has 20 heavy (non-hydrogen) atoms. The zero-order valence-corrected chi connectivity index (χ0v) is 11.1. The standard InChI is InChI=1S/C16H15FO3/c1-2-20-10-12-6-4-8-14(15(12)16(18)19)11-5-3-7-13(17)9-11/h3-9H,2,10H2,1H3,(H,18,19). The quantitative estimate of drug-likeness (QED) is 0.903. The molecule has 2 aromatic carbocycles. The van der Waals surface area contributed by atoms with Gasteiger partial charge in [-0.25, -0.2) is 9.18 Å². The first-order chi connectivity index (χ1) is 9.63. The summed E-state index contributed by atoms with van der Waals surface area (Å²) in [7, 11) is 0. The van der Waals surface area contributed by atoms with Gasteiger partial charge in [-0.05, 0) is 35.7 Å². The number of carbonyl (C=O) groups is 1. The average Bonchev–Trinajstić information content (AvgIpc) is 2.44. The second-order valence-corrected chi connectivity index (χ2v) is 4.29. The fraction of sp³-hybridized carbons (Fsp3) is 0.188. The third-order valence-electron chi connectivity index (χ3n) is 2.96. The van der Waals surface area contributed by atoms with E-state index in [0.29, 0.717) is 23.3 Å². The molecule has 0 aliphatic rings. The Hall–Kier alpha value is -2.20. The smallest absolute Gasteiger partial charge is 0.336 e. The van der Waals surface area contributed by atoms with Gasteiger partial charge in [0.25, 0.3) is 0 Å². The first-order valence-electron chi connectivity index (χ1n) is 6.32. The van der Waals surface area contributed by atoms with Crippen LogP contribution in [-0.4, -0.2) is 17.7 Å². The zero-order valence-electron chi connectivity index (χ0n) is 11.1. The number of hydrogen-bond donors (Lipinski definition) is 1. The number of ether oxygens (including phenoxy) is 1. The van der Waals surface area contributed by atoms with Gasteiger partial charge >= 0.3 is 5.97 Å². The van der Waals surface area contributed by atoms with Crippen LogP contribution in [0.1, 0.15) is 22.8 Å². The number of benzene rings is 2. The summed E-state index contributed by atoms with van der Waals surface area (Å²) in [5, 5.41) is 9.43. The summed E-state index contributed by atoms with van der Waals surface area (Å²) in [5.74, 6) is -1.44. The molecule has 0 bridgehead atoms. The molecular formula is C16H15FO3. The van der Waals surface area contributed by atoms with Gasteiger partial charge in [-0.1, -0.05) is 30.3 Å². The van der Waals surface area contributed by atoms with Crippen molar-refractivity contribution in [3.8, 4) is 11.1 Å². The molecule has 0 aliphatic heterocycles. The summed E-state index contributed by atoms with van der Waals surface area (Å²) in [4.78, 5) is 11.5. The number of rotatable bonds is 5. The third-order valence-corrected chi connectivity index (χ3v) is 2.96. The number of aromatic carboxylic acids is 1. The molecule has 0 fully saturated rings. The molecule has 2 aromatic rings. The maximum Gasteiger partial charge on any atom is 0.336 e.